The van der Waals surface area contributed by atoms with Crippen molar-refractivity contribution < 1.29 is 55.2 Å². The lowest BCUT2D eigenvalue weighted by molar-refractivity contribution is -0.137. The lowest BCUT2D eigenvalue weighted by Gasteiger charge is -2.14. The molecule has 18 heteroatoms. The average molecular weight is 631 g/mol. The second-order valence-electron chi connectivity index (χ2n) is 9.18. The number of nitrogens with one attached hydrogen (secondary N) is 4. The first-order valence-corrected chi connectivity index (χ1v) is 12.5. The number of nitrogens with zero attached hydrogens (tertiary/aromatic N) is 2. The molecule has 3 rings (SSSR count). The molecule has 2 aromatic carbocycles. The van der Waals surface area contributed by atoms with E-state index in [1.165, 1.54) is 36.4 Å². The maximum atomic E-state index is 12.4. The molecule has 44 heavy (non-hydrogen) atoms. The van der Waals surface area contributed by atoms with Crippen LogP contribution in [0.3, 0.4) is 0 Å². The first kappa shape index (κ1) is 33.3. The van der Waals surface area contributed by atoms with E-state index >= 15 is 0 Å². The van der Waals surface area contributed by atoms with Gasteiger partial charge in [-0.1, -0.05) is 0 Å². The molecule has 4 N–H and O–H groups in total. The van der Waals surface area contributed by atoms with Crippen molar-refractivity contribution in [2.45, 2.75) is 26.2 Å². The fourth-order valence-electron chi connectivity index (χ4n) is 3.55. The highest BCUT2D eigenvalue weighted by atomic mass is 19.4. The summed E-state index contributed by atoms with van der Waals surface area (Å²) in [5, 5.41) is 15.5. The summed E-state index contributed by atoms with van der Waals surface area (Å²) in [5.74, 6) is -3.57. The van der Waals surface area contributed by atoms with Crippen LogP contribution in [0.5, 0.6) is 0 Å². The van der Waals surface area contributed by atoms with Crippen LogP contribution in [-0.4, -0.2) is 74.0 Å². The number of hydrogen-bond donors (Lipinski definition) is 4. The van der Waals surface area contributed by atoms with Gasteiger partial charge in [-0.3, -0.25) is 19.2 Å². The molecule has 12 nitrogen and oxygen atoms in total. The summed E-state index contributed by atoms with van der Waals surface area (Å²) in [5.41, 5.74) is 1.82. The predicted octanol–water partition coefficient (Wildman–Crippen LogP) is 2.19. The van der Waals surface area contributed by atoms with Crippen molar-refractivity contribution >= 4 is 35.4 Å². The monoisotopic (exact) mass is 630 g/mol. The maximum Gasteiger partial charge on any atom is 0.405 e. The van der Waals surface area contributed by atoms with E-state index in [4.69, 9.17) is 9.68 Å². The topological polar surface area (TPSA) is 160 Å². The molecular weight excluding hydrogens is 606 g/mol. The first-order valence-electron chi connectivity index (χ1n) is 12.5. The molecule has 0 saturated heterocycles. The van der Waals surface area contributed by atoms with Crippen LogP contribution in [0.4, 0.5) is 26.3 Å². The minimum Gasteiger partial charge on any atom is -0.345 e. The molecule has 0 atom stereocenters. The molecule has 0 fully saturated rings. The first-order chi connectivity index (χ1) is 20.5. The number of aryl methyl sites for hydroxylation is 2. The normalized spacial score (nSPS) is 13.0. The van der Waals surface area contributed by atoms with Crippen LogP contribution >= 0.6 is 0 Å². The second kappa shape index (κ2) is 13.9. The van der Waals surface area contributed by atoms with Crippen LogP contribution in [0.1, 0.15) is 43.0 Å². The van der Waals surface area contributed by atoms with E-state index in [9.17, 15) is 45.5 Å². The molecule has 1 aliphatic heterocycles. The molecule has 0 unspecified atom stereocenters. The number of rotatable bonds is 10. The predicted molar refractivity (Wildman–Crippen MR) is 140 cm³/mol. The van der Waals surface area contributed by atoms with Crippen LogP contribution in [-0.2, 0) is 19.3 Å². The van der Waals surface area contributed by atoms with Crippen molar-refractivity contribution in [3.8, 4) is 0 Å². The Balaban J connectivity index is 1.55. The van der Waals surface area contributed by atoms with E-state index in [-0.39, 0.29) is 22.9 Å². The molecule has 0 aliphatic carbocycles. The summed E-state index contributed by atoms with van der Waals surface area (Å²) >= 11 is 0. The Hall–Kier alpha value is -5.16. The molecule has 4 amide bonds. The van der Waals surface area contributed by atoms with E-state index < -0.39 is 62.2 Å². The number of carbonyl (C=O) groups is 4. The number of benzene rings is 2. The quantitative estimate of drug-likeness (QED) is 0.295. The Morgan fingerprint density at radius 2 is 1.00 bits per heavy atom. The van der Waals surface area contributed by atoms with Gasteiger partial charge in [-0.05, 0) is 71.7 Å². The zero-order valence-electron chi connectivity index (χ0n) is 22.9. The molecule has 1 aliphatic rings. The third kappa shape index (κ3) is 9.99. The van der Waals surface area contributed by atoms with Crippen molar-refractivity contribution in [3.05, 3.63) is 69.8 Å². The molecule has 0 radical (unpaired) electrons. The SMILES string of the molecule is Cc1cc(C2=NOC(c3ccc(C(=O)NCC(=O)NCC(F)(F)F)c(C)c3)=NO2)ccc1C(=O)NCC(=O)NCC(F)(F)F. The maximum absolute atomic E-state index is 12.4. The van der Waals surface area contributed by atoms with Gasteiger partial charge in [0, 0.05) is 22.3 Å². The van der Waals surface area contributed by atoms with Gasteiger partial charge >= 0.3 is 12.4 Å². The van der Waals surface area contributed by atoms with Crippen molar-refractivity contribution in [2.24, 2.45) is 10.3 Å². The highest BCUT2D eigenvalue weighted by Crippen LogP contribution is 2.19. The van der Waals surface area contributed by atoms with Crippen molar-refractivity contribution in [1.82, 2.24) is 21.3 Å². The third-order valence-corrected chi connectivity index (χ3v) is 5.66. The molecule has 236 valence electrons. The van der Waals surface area contributed by atoms with Crippen LogP contribution in [0, 0.1) is 13.8 Å². The zero-order chi connectivity index (χ0) is 32.7. The molecule has 0 bridgehead atoms. The zero-order valence-corrected chi connectivity index (χ0v) is 22.9. The fraction of sp³-hybridized carbons (Fsp3) is 0.308. The summed E-state index contributed by atoms with van der Waals surface area (Å²) in [4.78, 5) is 58.4. The van der Waals surface area contributed by atoms with E-state index in [0.717, 1.165) is 0 Å². The van der Waals surface area contributed by atoms with Crippen LogP contribution in [0.2, 0.25) is 0 Å². The molecule has 1 heterocycles. The molecule has 0 spiro atoms. The standard InChI is InChI=1S/C26H24F6N6O6/c1-13-7-15(3-5-17(13)21(41)33-9-19(39)35-11-25(27,28)29)23-37-44-24(38-43-23)16-4-6-18(14(2)8-16)22(42)34-10-20(40)36-12-26(30,31)32/h3-8H,9-12H2,1-2H3,(H,33,41)(H,34,42)(H,35,39)(H,36,40). The van der Waals surface area contributed by atoms with E-state index in [2.05, 4.69) is 20.9 Å². The minimum absolute atomic E-state index is 0.0770. The Bertz CT molecular complexity index is 1390. The molecular formula is C26H24F6N6O6. The summed E-state index contributed by atoms with van der Waals surface area (Å²) < 4.78 is 73.1. The molecule has 0 aromatic heterocycles. The van der Waals surface area contributed by atoms with E-state index in [1.807, 2.05) is 0 Å². The number of halogens is 6. The Labute approximate surface area is 244 Å². The molecule has 0 saturated carbocycles. The van der Waals surface area contributed by atoms with Gasteiger partial charge in [0.05, 0.1) is 13.1 Å². The largest absolute Gasteiger partial charge is 0.405 e. The molecule has 2 aromatic rings. The van der Waals surface area contributed by atoms with Crippen LogP contribution in [0.25, 0.3) is 0 Å². The van der Waals surface area contributed by atoms with Gasteiger partial charge in [0.1, 0.15) is 13.1 Å². The van der Waals surface area contributed by atoms with Gasteiger partial charge in [-0.2, -0.15) is 26.3 Å². The summed E-state index contributed by atoms with van der Waals surface area (Å²) in [6.07, 6.45) is -9.16. The van der Waals surface area contributed by atoms with Gasteiger partial charge < -0.3 is 30.9 Å². The minimum atomic E-state index is -4.58. The smallest absolute Gasteiger partial charge is 0.345 e. The van der Waals surface area contributed by atoms with Crippen molar-refractivity contribution in [2.75, 3.05) is 26.2 Å². The number of oxime groups is 2. The number of hydrogen-bond acceptors (Lipinski definition) is 8. The fourth-order valence-corrected chi connectivity index (χ4v) is 3.55. The van der Waals surface area contributed by atoms with Gasteiger partial charge in [0.15, 0.2) is 0 Å². The highest BCUT2D eigenvalue weighted by molar-refractivity contribution is 6.03. The lowest BCUT2D eigenvalue weighted by Crippen LogP contribution is -2.41. The van der Waals surface area contributed by atoms with Crippen molar-refractivity contribution in [3.63, 3.8) is 0 Å². The lowest BCUT2D eigenvalue weighted by atomic mass is 10.0. The summed E-state index contributed by atoms with van der Waals surface area (Å²) in [6, 6.07) is 8.65. The van der Waals surface area contributed by atoms with Crippen LogP contribution < -0.4 is 21.3 Å². The van der Waals surface area contributed by atoms with Gasteiger partial charge in [0.25, 0.3) is 23.6 Å². The Morgan fingerprint density at radius 1 is 0.636 bits per heavy atom. The number of alkyl halides is 6. The summed E-state index contributed by atoms with van der Waals surface area (Å²) in [7, 11) is 0. The van der Waals surface area contributed by atoms with Gasteiger partial charge in [-0.15, -0.1) is 0 Å². The van der Waals surface area contributed by atoms with Gasteiger partial charge in [0.2, 0.25) is 11.8 Å². The van der Waals surface area contributed by atoms with Crippen LogP contribution in [0.15, 0.2) is 46.7 Å². The second-order valence-corrected chi connectivity index (χ2v) is 9.18. The van der Waals surface area contributed by atoms with E-state index in [1.54, 1.807) is 24.5 Å². The van der Waals surface area contributed by atoms with E-state index in [0.29, 0.717) is 22.3 Å². The Kier molecular flexibility index (Phi) is 10.5. The highest BCUT2D eigenvalue weighted by Gasteiger charge is 2.28. The average Bonchev–Trinajstić information content (AvgIpc) is 2.95. The number of carbonyl (C=O) groups excluding carboxylic acids is 4. The Morgan fingerprint density at radius 3 is 1.30 bits per heavy atom. The summed E-state index contributed by atoms with van der Waals surface area (Å²) in [6.45, 7) is -1.23. The van der Waals surface area contributed by atoms with Crippen molar-refractivity contribution in [1.29, 1.82) is 0 Å². The third-order valence-electron chi connectivity index (χ3n) is 5.66. The number of amides is 4. The van der Waals surface area contributed by atoms with Gasteiger partial charge in [-0.25, -0.2) is 0 Å².